The average Bonchev–Trinajstić information content (AvgIpc) is 3.18. The summed E-state index contributed by atoms with van der Waals surface area (Å²) < 4.78 is 4.79. The van der Waals surface area contributed by atoms with Crippen LogP contribution in [0.4, 0.5) is 0 Å². The highest BCUT2D eigenvalue weighted by molar-refractivity contribution is 7.09. The lowest BCUT2D eigenvalue weighted by molar-refractivity contribution is 0.0626. The van der Waals surface area contributed by atoms with Gasteiger partial charge in [-0.1, -0.05) is 30.3 Å². The topological polar surface area (TPSA) is 66.7 Å². The summed E-state index contributed by atoms with van der Waals surface area (Å²) in [6, 6.07) is 13.0. The second kappa shape index (κ2) is 7.85. The van der Waals surface area contributed by atoms with Crippen LogP contribution in [0.25, 0.3) is 11.3 Å². The molecule has 1 fully saturated rings. The second-order valence-corrected chi connectivity index (χ2v) is 7.35. The van der Waals surface area contributed by atoms with Crippen LogP contribution >= 0.6 is 11.3 Å². The number of amides is 1. The van der Waals surface area contributed by atoms with Crippen LogP contribution in [0.2, 0.25) is 0 Å². The number of benzene rings is 1. The Hall–Kier alpha value is -2.77. The highest BCUT2D eigenvalue weighted by atomic mass is 32.1. The molecule has 1 aliphatic rings. The summed E-state index contributed by atoms with van der Waals surface area (Å²) in [6.45, 7) is 3.68. The third kappa shape index (κ3) is 4.15. The number of carbonyl (C=O) groups excluding carboxylic acids is 1. The molecule has 0 bridgehead atoms. The maximum atomic E-state index is 12.5. The van der Waals surface area contributed by atoms with Crippen molar-refractivity contribution >= 4 is 17.2 Å². The molecule has 0 unspecified atom stereocenters. The molecule has 0 atom stereocenters. The van der Waals surface area contributed by atoms with Crippen LogP contribution in [-0.4, -0.2) is 46.9 Å². The smallest absolute Gasteiger partial charge is 0.335 e. The first-order chi connectivity index (χ1) is 13.2. The van der Waals surface area contributed by atoms with Crippen LogP contribution in [0.15, 0.2) is 63.3 Å². The number of hydrogen-bond acceptors (Lipinski definition) is 6. The Morgan fingerprint density at radius 3 is 2.56 bits per heavy atom. The summed E-state index contributed by atoms with van der Waals surface area (Å²) >= 11 is 1.67. The Morgan fingerprint density at radius 2 is 1.85 bits per heavy atom. The maximum Gasteiger partial charge on any atom is 0.335 e. The van der Waals surface area contributed by atoms with E-state index in [1.807, 2.05) is 18.2 Å². The molecule has 0 saturated carbocycles. The summed E-state index contributed by atoms with van der Waals surface area (Å²) in [7, 11) is 0. The lowest BCUT2D eigenvalue weighted by Crippen LogP contribution is -2.48. The molecule has 2 aromatic heterocycles. The van der Waals surface area contributed by atoms with Crippen molar-refractivity contribution in [3.63, 3.8) is 0 Å². The minimum Gasteiger partial charge on any atom is -0.430 e. The van der Waals surface area contributed by atoms with Crippen molar-refractivity contribution in [2.75, 3.05) is 26.2 Å². The molecule has 4 rings (SSSR count). The Bertz CT molecular complexity index is 955. The van der Waals surface area contributed by atoms with Crippen LogP contribution in [0.5, 0.6) is 0 Å². The summed E-state index contributed by atoms with van der Waals surface area (Å²) in [5.74, 6) is -0.0981. The Kier molecular flexibility index (Phi) is 5.13. The van der Waals surface area contributed by atoms with Gasteiger partial charge in [0.05, 0.1) is 17.8 Å². The fraction of sp³-hybridized carbons (Fsp3) is 0.250. The van der Waals surface area contributed by atoms with Crippen LogP contribution in [0.3, 0.4) is 0 Å². The Labute approximate surface area is 160 Å². The van der Waals surface area contributed by atoms with Crippen LogP contribution < -0.4 is 5.63 Å². The molecule has 1 amide bonds. The molecule has 0 aliphatic carbocycles. The van der Waals surface area contributed by atoms with E-state index in [1.165, 1.54) is 18.4 Å². The fourth-order valence-corrected chi connectivity index (χ4v) is 3.93. The van der Waals surface area contributed by atoms with E-state index < -0.39 is 5.63 Å². The SMILES string of the molecule is O=C(c1ccc(=O)oc1)N1CCN(Cc2nc(-c3ccccc3)cs2)CC1. The number of rotatable bonds is 4. The third-order valence-corrected chi connectivity index (χ3v) is 5.42. The standard InChI is InChI=1S/C20H19N3O3S/c24-19-7-6-16(13-26-19)20(25)23-10-8-22(9-11-23)12-18-21-17(14-27-18)15-4-2-1-3-5-15/h1-7,13-14H,8-12H2. The quantitative estimate of drug-likeness (QED) is 0.695. The van der Waals surface area contributed by atoms with Gasteiger partial charge >= 0.3 is 5.63 Å². The van der Waals surface area contributed by atoms with E-state index in [4.69, 9.17) is 9.40 Å². The lowest BCUT2D eigenvalue weighted by Gasteiger charge is -2.34. The van der Waals surface area contributed by atoms with Crippen molar-refractivity contribution in [1.29, 1.82) is 0 Å². The predicted octanol–water partition coefficient (Wildman–Crippen LogP) is 2.72. The average molecular weight is 381 g/mol. The molecule has 1 aromatic carbocycles. The van der Waals surface area contributed by atoms with Gasteiger partial charge in [0.1, 0.15) is 11.3 Å². The zero-order valence-corrected chi connectivity index (χ0v) is 15.5. The Morgan fingerprint density at radius 1 is 1.07 bits per heavy atom. The van der Waals surface area contributed by atoms with Crippen molar-refractivity contribution < 1.29 is 9.21 Å². The van der Waals surface area contributed by atoms with E-state index in [0.29, 0.717) is 18.7 Å². The molecule has 0 radical (unpaired) electrons. The highest BCUT2D eigenvalue weighted by Crippen LogP contribution is 2.22. The van der Waals surface area contributed by atoms with Gasteiger partial charge in [-0.15, -0.1) is 11.3 Å². The first-order valence-corrected chi connectivity index (χ1v) is 9.67. The van der Waals surface area contributed by atoms with Gasteiger partial charge in [-0.05, 0) is 6.07 Å². The molecular weight excluding hydrogens is 362 g/mol. The summed E-state index contributed by atoms with van der Waals surface area (Å²) in [4.78, 5) is 32.3. The molecule has 1 saturated heterocycles. The maximum absolute atomic E-state index is 12.5. The number of aromatic nitrogens is 1. The van der Waals surface area contributed by atoms with Crippen LogP contribution in [0, 0.1) is 0 Å². The van der Waals surface area contributed by atoms with E-state index in [9.17, 15) is 9.59 Å². The summed E-state index contributed by atoms with van der Waals surface area (Å²) in [6.07, 6.45) is 1.23. The number of carbonyl (C=O) groups is 1. The van der Waals surface area contributed by atoms with Crippen molar-refractivity contribution in [1.82, 2.24) is 14.8 Å². The van der Waals surface area contributed by atoms with Crippen LogP contribution in [-0.2, 0) is 6.54 Å². The molecule has 1 aliphatic heterocycles. The number of nitrogens with zero attached hydrogens (tertiary/aromatic N) is 3. The molecule has 6 nitrogen and oxygen atoms in total. The number of thiazole rings is 1. The van der Waals surface area contributed by atoms with E-state index in [0.717, 1.165) is 35.9 Å². The molecule has 0 N–H and O–H groups in total. The summed E-state index contributed by atoms with van der Waals surface area (Å²) in [5.41, 5.74) is 2.10. The van der Waals surface area contributed by atoms with E-state index in [-0.39, 0.29) is 5.91 Å². The highest BCUT2D eigenvalue weighted by Gasteiger charge is 2.23. The molecular formula is C20H19N3O3S. The van der Waals surface area contributed by atoms with Gasteiger partial charge < -0.3 is 9.32 Å². The normalized spacial score (nSPS) is 15.0. The molecule has 3 aromatic rings. The number of piperazine rings is 1. The van der Waals surface area contributed by atoms with E-state index in [2.05, 4.69) is 22.4 Å². The largest absolute Gasteiger partial charge is 0.430 e. The van der Waals surface area contributed by atoms with Gasteiger partial charge in [0.25, 0.3) is 5.91 Å². The zero-order valence-electron chi connectivity index (χ0n) is 14.7. The molecule has 138 valence electrons. The fourth-order valence-electron chi connectivity index (χ4n) is 3.09. The van der Waals surface area contributed by atoms with Crippen molar-refractivity contribution in [3.05, 3.63) is 75.1 Å². The van der Waals surface area contributed by atoms with Crippen LogP contribution in [0.1, 0.15) is 15.4 Å². The lowest BCUT2D eigenvalue weighted by atomic mass is 10.2. The Balaban J connectivity index is 1.33. The minimum absolute atomic E-state index is 0.0981. The van der Waals surface area contributed by atoms with E-state index in [1.54, 1.807) is 16.2 Å². The van der Waals surface area contributed by atoms with Gasteiger partial charge in [0.15, 0.2) is 0 Å². The van der Waals surface area contributed by atoms with Gasteiger partial charge in [-0.25, -0.2) is 9.78 Å². The summed E-state index contributed by atoms with van der Waals surface area (Å²) in [5, 5.41) is 3.17. The first kappa shape index (κ1) is 17.6. The second-order valence-electron chi connectivity index (χ2n) is 6.40. The molecule has 7 heteroatoms. The predicted molar refractivity (Wildman–Crippen MR) is 104 cm³/mol. The van der Waals surface area contributed by atoms with Gasteiger partial charge in [0.2, 0.25) is 0 Å². The zero-order chi connectivity index (χ0) is 18.6. The monoisotopic (exact) mass is 381 g/mol. The molecule has 3 heterocycles. The van der Waals surface area contributed by atoms with Crippen molar-refractivity contribution in [3.8, 4) is 11.3 Å². The number of hydrogen-bond donors (Lipinski definition) is 0. The molecule has 27 heavy (non-hydrogen) atoms. The minimum atomic E-state index is -0.449. The molecule has 0 spiro atoms. The third-order valence-electron chi connectivity index (χ3n) is 4.59. The van der Waals surface area contributed by atoms with Gasteiger partial charge in [-0.3, -0.25) is 9.69 Å². The van der Waals surface area contributed by atoms with E-state index >= 15 is 0 Å². The van der Waals surface area contributed by atoms with Gasteiger partial charge in [-0.2, -0.15) is 0 Å². The van der Waals surface area contributed by atoms with Crippen molar-refractivity contribution in [2.24, 2.45) is 0 Å². The van der Waals surface area contributed by atoms with Crippen molar-refractivity contribution in [2.45, 2.75) is 6.54 Å². The first-order valence-electron chi connectivity index (χ1n) is 8.79. The van der Waals surface area contributed by atoms with Gasteiger partial charge in [0, 0.05) is 43.2 Å².